The van der Waals surface area contributed by atoms with Crippen molar-refractivity contribution in [1.82, 2.24) is 10.6 Å². The molecule has 0 atom stereocenters. The van der Waals surface area contributed by atoms with E-state index in [0.29, 0.717) is 5.58 Å². The first-order chi connectivity index (χ1) is 8.20. The van der Waals surface area contributed by atoms with Gasteiger partial charge in [0.05, 0.1) is 6.54 Å². The fourth-order valence-corrected chi connectivity index (χ4v) is 1.43. The molecule has 88 valence electrons. The Hall–Kier alpha value is -2.30. The van der Waals surface area contributed by atoms with E-state index in [4.69, 9.17) is 4.42 Å². The zero-order valence-corrected chi connectivity index (χ0v) is 9.32. The molecule has 0 aliphatic carbocycles. The second-order valence-corrected chi connectivity index (χ2v) is 3.50. The Kier molecular flexibility index (Phi) is 3.09. The van der Waals surface area contributed by atoms with Crippen molar-refractivity contribution in [3.05, 3.63) is 36.1 Å². The Morgan fingerprint density at radius 2 is 2.06 bits per heavy atom. The zero-order chi connectivity index (χ0) is 12.3. The predicted molar refractivity (Wildman–Crippen MR) is 62.6 cm³/mol. The van der Waals surface area contributed by atoms with Crippen LogP contribution in [0, 0.1) is 0 Å². The molecule has 0 aliphatic rings. The van der Waals surface area contributed by atoms with Crippen molar-refractivity contribution in [3.8, 4) is 0 Å². The minimum Gasteiger partial charge on any atom is -0.451 e. The first-order valence-corrected chi connectivity index (χ1v) is 5.18. The van der Waals surface area contributed by atoms with Crippen molar-refractivity contribution in [2.24, 2.45) is 0 Å². The molecule has 0 saturated carbocycles. The third kappa shape index (κ3) is 2.44. The Balaban J connectivity index is 2.11. The Morgan fingerprint density at radius 3 is 2.76 bits per heavy atom. The topological polar surface area (TPSA) is 71.3 Å². The van der Waals surface area contributed by atoms with E-state index in [1.54, 1.807) is 12.1 Å². The highest BCUT2D eigenvalue weighted by atomic mass is 16.3. The van der Waals surface area contributed by atoms with Crippen LogP contribution in [0.5, 0.6) is 0 Å². The van der Waals surface area contributed by atoms with E-state index in [-0.39, 0.29) is 18.2 Å². The van der Waals surface area contributed by atoms with Gasteiger partial charge in [-0.25, -0.2) is 0 Å². The third-order valence-electron chi connectivity index (χ3n) is 2.34. The van der Waals surface area contributed by atoms with Crippen LogP contribution >= 0.6 is 0 Å². The van der Waals surface area contributed by atoms with Crippen molar-refractivity contribution >= 4 is 22.8 Å². The van der Waals surface area contributed by atoms with E-state index in [1.807, 2.05) is 18.2 Å². The van der Waals surface area contributed by atoms with Crippen molar-refractivity contribution in [1.29, 1.82) is 0 Å². The highest BCUT2D eigenvalue weighted by Gasteiger charge is 2.12. The van der Waals surface area contributed by atoms with E-state index in [2.05, 4.69) is 10.6 Å². The number of fused-ring (bicyclic) bond motifs is 1. The van der Waals surface area contributed by atoms with Gasteiger partial charge in [0.25, 0.3) is 5.91 Å². The number of hydrogen-bond donors (Lipinski definition) is 2. The predicted octanol–water partition coefficient (Wildman–Crippen LogP) is 0.909. The Morgan fingerprint density at radius 1 is 1.29 bits per heavy atom. The van der Waals surface area contributed by atoms with Crippen molar-refractivity contribution in [2.45, 2.75) is 0 Å². The highest BCUT2D eigenvalue weighted by Crippen LogP contribution is 2.18. The van der Waals surface area contributed by atoms with E-state index < -0.39 is 5.91 Å². The van der Waals surface area contributed by atoms with Crippen molar-refractivity contribution in [3.63, 3.8) is 0 Å². The maximum absolute atomic E-state index is 11.6. The van der Waals surface area contributed by atoms with Crippen molar-refractivity contribution < 1.29 is 14.0 Å². The summed E-state index contributed by atoms with van der Waals surface area (Å²) in [6.07, 6.45) is 0. The lowest BCUT2D eigenvalue weighted by molar-refractivity contribution is -0.119. The molecule has 2 amide bonds. The molecule has 2 aromatic rings. The Labute approximate surface area is 97.8 Å². The summed E-state index contributed by atoms with van der Waals surface area (Å²) >= 11 is 0. The molecular weight excluding hydrogens is 220 g/mol. The molecule has 0 radical (unpaired) electrons. The summed E-state index contributed by atoms with van der Waals surface area (Å²) in [5, 5.41) is 5.74. The van der Waals surface area contributed by atoms with E-state index >= 15 is 0 Å². The smallest absolute Gasteiger partial charge is 0.287 e. The van der Waals surface area contributed by atoms with Gasteiger partial charge in [0.2, 0.25) is 5.91 Å². The summed E-state index contributed by atoms with van der Waals surface area (Å²) < 4.78 is 5.35. The van der Waals surface area contributed by atoms with Crippen LogP contribution in [0.1, 0.15) is 10.6 Å². The van der Waals surface area contributed by atoms with Gasteiger partial charge in [-0.05, 0) is 12.1 Å². The van der Waals surface area contributed by atoms with Crippen molar-refractivity contribution in [2.75, 3.05) is 13.6 Å². The molecular formula is C12H12N2O3. The number of carbonyl (C=O) groups is 2. The van der Waals surface area contributed by atoms with E-state index in [0.717, 1.165) is 5.39 Å². The second-order valence-electron chi connectivity index (χ2n) is 3.50. The minimum atomic E-state index is -0.398. The number of benzene rings is 1. The molecule has 0 saturated heterocycles. The summed E-state index contributed by atoms with van der Waals surface area (Å²) in [5.41, 5.74) is 0.651. The first-order valence-electron chi connectivity index (χ1n) is 5.18. The number of likely N-dealkylation sites (N-methyl/N-ethyl adjacent to an activating group) is 1. The molecule has 5 nitrogen and oxygen atoms in total. The fraction of sp³-hybridized carbons (Fsp3) is 0.167. The quantitative estimate of drug-likeness (QED) is 0.826. The Bertz CT molecular complexity index is 527. The maximum Gasteiger partial charge on any atom is 0.287 e. The van der Waals surface area contributed by atoms with E-state index in [1.165, 1.54) is 7.05 Å². The number of hydrogen-bond acceptors (Lipinski definition) is 3. The number of carbonyl (C=O) groups excluding carboxylic acids is 2. The van der Waals surface area contributed by atoms with Gasteiger partial charge in [-0.15, -0.1) is 0 Å². The maximum atomic E-state index is 11.6. The van der Waals surface area contributed by atoms with Gasteiger partial charge in [0, 0.05) is 12.4 Å². The standard InChI is InChI=1S/C12H12N2O3/c1-13-11(15)7-14-12(16)10-6-8-4-2-3-5-9(8)17-10/h2-6H,7H2,1H3,(H,13,15)(H,14,16). The molecule has 0 aliphatic heterocycles. The molecule has 1 aromatic carbocycles. The summed E-state index contributed by atoms with van der Waals surface area (Å²) in [4.78, 5) is 22.6. The van der Waals surface area contributed by atoms with Gasteiger partial charge in [-0.1, -0.05) is 18.2 Å². The van der Waals surface area contributed by atoms with Crippen LogP contribution in [0.2, 0.25) is 0 Å². The zero-order valence-electron chi connectivity index (χ0n) is 9.32. The lowest BCUT2D eigenvalue weighted by Gasteiger charge is -2.00. The van der Waals surface area contributed by atoms with Gasteiger partial charge in [0.1, 0.15) is 5.58 Å². The summed E-state index contributed by atoms with van der Waals surface area (Å²) in [7, 11) is 1.51. The minimum absolute atomic E-state index is 0.0631. The molecule has 2 rings (SSSR count). The van der Waals surface area contributed by atoms with Crippen LogP contribution in [-0.2, 0) is 4.79 Å². The number of rotatable bonds is 3. The van der Waals surface area contributed by atoms with E-state index in [9.17, 15) is 9.59 Å². The average Bonchev–Trinajstić information content (AvgIpc) is 2.79. The number of furan rings is 1. The molecule has 0 spiro atoms. The summed E-state index contributed by atoms with van der Waals surface area (Å²) in [6.45, 7) is -0.0631. The first kappa shape index (κ1) is 11.2. The molecule has 0 bridgehead atoms. The average molecular weight is 232 g/mol. The normalized spacial score (nSPS) is 10.2. The highest BCUT2D eigenvalue weighted by molar-refractivity contribution is 5.97. The summed E-state index contributed by atoms with van der Waals surface area (Å²) in [6, 6.07) is 8.98. The third-order valence-corrected chi connectivity index (χ3v) is 2.34. The van der Waals surface area contributed by atoms with Crippen LogP contribution in [0.3, 0.4) is 0 Å². The lowest BCUT2D eigenvalue weighted by atomic mass is 10.2. The molecule has 5 heteroatoms. The SMILES string of the molecule is CNC(=O)CNC(=O)c1cc2ccccc2o1. The fourth-order valence-electron chi connectivity index (χ4n) is 1.43. The van der Waals surface area contributed by atoms with Gasteiger partial charge in [-0.2, -0.15) is 0 Å². The van der Waals surface area contributed by atoms with Crippen LogP contribution < -0.4 is 10.6 Å². The van der Waals surface area contributed by atoms with Gasteiger partial charge in [0.15, 0.2) is 5.76 Å². The lowest BCUT2D eigenvalue weighted by Crippen LogP contribution is -2.34. The monoisotopic (exact) mass is 232 g/mol. The summed E-state index contributed by atoms with van der Waals surface area (Å²) in [5.74, 6) is -0.450. The number of amides is 2. The van der Waals surface area contributed by atoms with Gasteiger partial charge >= 0.3 is 0 Å². The van der Waals surface area contributed by atoms with Gasteiger partial charge < -0.3 is 15.1 Å². The molecule has 1 aromatic heterocycles. The van der Waals surface area contributed by atoms with Crippen LogP contribution in [-0.4, -0.2) is 25.4 Å². The molecule has 0 fully saturated rings. The van der Waals surface area contributed by atoms with Crippen LogP contribution in [0.15, 0.2) is 34.7 Å². The largest absolute Gasteiger partial charge is 0.451 e. The van der Waals surface area contributed by atoms with Gasteiger partial charge in [-0.3, -0.25) is 9.59 Å². The second kappa shape index (κ2) is 4.69. The van der Waals surface area contributed by atoms with Crippen LogP contribution in [0.4, 0.5) is 0 Å². The molecule has 17 heavy (non-hydrogen) atoms. The molecule has 0 unspecified atom stereocenters. The molecule has 1 heterocycles. The number of nitrogens with one attached hydrogen (secondary N) is 2. The molecule has 2 N–H and O–H groups in total. The van der Waals surface area contributed by atoms with Crippen LogP contribution in [0.25, 0.3) is 11.0 Å². The number of para-hydroxylation sites is 1.